The second-order valence-corrected chi connectivity index (χ2v) is 9.33. The minimum Gasteiger partial charge on any atom is -0.399 e. The van der Waals surface area contributed by atoms with Gasteiger partial charge in [0.15, 0.2) is 0 Å². The van der Waals surface area contributed by atoms with Gasteiger partial charge in [-0.25, -0.2) is 0 Å². The first-order valence-corrected chi connectivity index (χ1v) is 12.8. The molecule has 5 heteroatoms. The van der Waals surface area contributed by atoms with Crippen LogP contribution in [0, 0.1) is 0 Å². The van der Waals surface area contributed by atoms with Crippen LogP contribution in [0.15, 0.2) is 103 Å². The van der Waals surface area contributed by atoms with E-state index < -0.39 is 0 Å². The van der Waals surface area contributed by atoms with E-state index in [0.29, 0.717) is 11.3 Å². The summed E-state index contributed by atoms with van der Waals surface area (Å²) in [6.45, 7) is 3.04. The molecule has 1 aliphatic heterocycles. The molecule has 5 nitrogen and oxygen atoms in total. The molecule has 0 saturated carbocycles. The zero-order chi connectivity index (χ0) is 25.6. The van der Waals surface area contributed by atoms with Gasteiger partial charge in [0, 0.05) is 35.2 Å². The fourth-order valence-electron chi connectivity index (χ4n) is 4.77. The largest absolute Gasteiger partial charge is 0.399 e. The molecule has 4 aromatic rings. The number of amides is 1. The molecule has 1 unspecified atom stereocenters. The molecule has 1 heterocycles. The molecular formula is C32H32N4O. The number of benzene rings is 4. The van der Waals surface area contributed by atoms with Gasteiger partial charge in [-0.1, -0.05) is 86.1 Å². The predicted octanol–water partition coefficient (Wildman–Crippen LogP) is 6.83. The van der Waals surface area contributed by atoms with Gasteiger partial charge in [0.1, 0.15) is 0 Å². The normalized spacial score (nSPS) is 14.6. The highest BCUT2D eigenvalue weighted by atomic mass is 16.2. The van der Waals surface area contributed by atoms with E-state index in [-0.39, 0.29) is 11.9 Å². The van der Waals surface area contributed by atoms with Gasteiger partial charge in [-0.15, -0.1) is 0 Å². The van der Waals surface area contributed by atoms with Gasteiger partial charge < -0.3 is 21.7 Å². The molecule has 1 aliphatic rings. The number of rotatable bonds is 9. The van der Waals surface area contributed by atoms with Crippen LogP contribution in [-0.2, 0) is 11.3 Å². The Morgan fingerprint density at radius 2 is 1.59 bits per heavy atom. The number of hydrogen-bond donors (Lipinski definition) is 4. The molecule has 0 bridgehead atoms. The van der Waals surface area contributed by atoms with E-state index in [9.17, 15) is 4.79 Å². The Morgan fingerprint density at radius 1 is 0.892 bits per heavy atom. The molecule has 186 valence electrons. The van der Waals surface area contributed by atoms with Crippen molar-refractivity contribution in [3.05, 3.63) is 125 Å². The van der Waals surface area contributed by atoms with Crippen molar-refractivity contribution in [1.29, 1.82) is 0 Å². The minimum atomic E-state index is -0.142. The van der Waals surface area contributed by atoms with Crippen LogP contribution in [-0.4, -0.2) is 5.91 Å². The molecule has 5 N–H and O–H groups in total. The number of carbonyl (C=O) groups excluding carboxylic acids is 1. The molecule has 37 heavy (non-hydrogen) atoms. The van der Waals surface area contributed by atoms with E-state index >= 15 is 0 Å². The van der Waals surface area contributed by atoms with Crippen molar-refractivity contribution >= 4 is 34.2 Å². The number of nitrogens with one attached hydrogen (secondary N) is 3. The van der Waals surface area contributed by atoms with Crippen molar-refractivity contribution in [2.75, 3.05) is 16.4 Å². The first kappa shape index (κ1) is 24.3. The third-order valence-corrected chi connectivity index (χ3v) is 6.66. The van der Waals surface area contributed by atoms with Crippen LogP contribution >= 0.6 is 0 Å². The fraction of sp³-hybridized carbons (Fsp3) is 0.156. The van der Waals surface area contributed by atoms with Crippen LogP contribution in [0.1, 0.15) is 48.1 Å². The molecule has 1 amide bonds. The highest BCUT2D eigenvalue weighted by Gasteiger charge is 2.28. The molecule has 1 atom stereocenters. The fourth-order valence-corrected chi connectivity index (χ4v) is 4.77. The van der Waals surface area contributed by atoms with Crippen LogP contribution in [0.5, 0.6) is 0 Å². The second kappa shape index (κ2) is 11.1. The van der Waals surface area contributed by atoms with E-state index in [1.54, 1.807) is 6.07 Å². The van der Waals surface area contributed by atoms with E-state index in [1.165, 1.54) is 11.1 Å². The zero-order valence-electron chi connectivity index (χ0n) is 21.0. The van der Waals surface area contributed by atoms with Gasteiger partial charge in [-0.05, 0) is 53.4 Å². The smallest absolute Gasteiger partial charge is 0.258 e. The summed E-state index contributed by atoms with van der Waals surface area (Å²) in [7, 11) is 0. The standard InChI is InChI=1S/C32H32N4O/c1-2-9-28(34-21-22-10-5-3-6-11-22)23-14-17-26(18-15-23)35-31(24-12-7-4-8-13-24)30-27-20-25(33)16-19-29(27)36-32(30)37/h3-8,10-20,28,34-35H,2,9,21,33H2,1H3,(H,36,37)/b31-30-. The molecular weight excluding hydrogens is 456 g/mol. The van der Waals surface area contributed by atoms with Gasteiger partial charge in [0.25, 0.3) is 5.91 Å². The van der Waals surface area contributed by atoms with E-state index in [4.69, 9.17) is 5.73 Å². The number of fused-ring (bicyclic) bond motifs is 1. The van der Waals surface area contributed by atoms with Gasteiger partial charge in [0.2, 0.25) is 0 Å². The Kier molecular flexibility index (Phi) is 7.33. The third-order valence-electron chi connectivity index (χ3n) is 6.66. The van der Waals surface area contributed by atoms with Gasteiger partial charge >= 0.3 is 0 Å². The molecule has 0 fully saturated rings. The van der Waals surface area contributed by atoms with Crippen molar-refractivity contribution in [1.82, 2.24) is 5.32 Å². The molecule has 5 rings (SSSR count). The first-order valence-electron chi connectivity index (χ1n) is 12.8. The average molecular weight is 489 g/mol. The van der Waals surface area contributed by atoms with Crippen molar-refractivity contribution in [2.24, 2.45) is 0 Å². The highest BCUT2D eigenvalue weighted by molar-refractivity contribution is 6.37. The Balaban J connectivity index is 1.44. The summed E-state index contributed by atoms with van der Waals surface area (Å²) >= 11 is 0. The molecule has 0 aromatic heterocycles. The monoisotopic (exact) mass is 488 g/mol. The summed E-state index contributed by atoms with van der Waals surface area (Å²) < 4.78 is 0. The lowest BCUT2D eigenvalue weighted by molar-refractivity contribution is -0.110. The Labute approximate surface area is 218 Å². The zero-order valence-corrected chi connectivity index (χ0v) is 21.0. The maximum absolute atomic E-state index is 13.1. The molecule has 4 aromatic carbocycles. The van der Waals surface area contributed by atoms with Crippen LogP contribution in [0.3, 0.4) is 0 Å². The maximum Gasteiger partial charge on any atom is 0.258 e. The highest BCUT2D eigenvalue weighted by Crippen LogP contribution is 2.38. The van der Waals surface area contributed by atoms with Crippen molar-refractivity contribution in [3.63, 3.8) is 0 Å². The van der Waals surface area contributed by atoms with Crippen molar-refractivity contribution in [3.8, 4) is 0 Å². The molecule has 0 spiro atoms. The predicted molar refractivity (Wildman–Crippen MR) is 154 cm³/mol. The first-order chi connectivity index (χ1) is 18.1. The molecule has 0 radical (unpaired) electrons. The lowest BCUT2D eigenvalue weighted by Crippen LogP contribution is -2.20. The number of nitrogen functional groups attached to an aromatic ring is 1. The third kappa shape index (κ3) is 5.57. The number of carbonyl (C=O) groups is 1. The lowest BCUT2D eigenvalue weighted by atomic mass is 9.99. The van der Waals surface area contributed by atoms with Crippen LogP contribution in [0.25, 0.3) is 11.3 Å². The molecule has 0 saturated heterocycles. The topological polar surface area (TPSA) is 79.2 Å². The van der Waals surface area contributed by atoms with Crippen LogP contribution in [0.2, 0.25) is 0 Å². The van der Waals surface area contributed by atoms with Crippen molar-refractivity contribution < 1.29 is 4.79 Å². The number of hydrogen-bond acceptors (Lipinski definition) is 4. The van der Waals surface area contributed by atoms with E-state index in [2.05, 4.69) is 71.4 Å². The van der Waals surface area contributed by atoms with E-state index in [0.717, 1.165) is 47.6 Å². The second-order valence-electron chi connectivity index (χ2n) is 9.33. The summed E-state index contributed by atoms with van der Waals surface area (Å²) in [5.74, 6) is -0.142. The van der Waals surface area contributed by atoms with Crippen LogP contribution in [0.4, 0.5) is 17.1 Å². The summed E-state index contributed by atoms with van der Waals surface area (Å²) in [6.07, 6.45) is 2.14. The van der Waals surface area contributed by atoms with Crippen LogP contribution < -0.4 is 21.7 Å². The Morgan fingerprint density at radius 3 is 2.30 bits per heavy atom. The van der Waals surface area contributed by atoms with E-state index in [1.807, 2.05) is 48.5 Å². The average Bonchev–Trinajstić information content (AvgIpc) is 3.25. The quantitative estimate of drug-likeness (QED) is 0.154. The lowest BCUT2D eigenvalue weighted by Gasteiger charge is -2.20. The summed E-state index contributed by atoms with van der Waals surface area (Å²) in [4.78, 5) is 13.1. The van der Waals surface area contributed by atoms with Gasteiger partial charge in [-0.3, -0.25) is 4.79 Å². The SMILES string of the molecule is CCCC(NCc1ccccc1)c1ccc(N/C(=C2\C(=O)Nc3ccc(N)cc32)c2ccccc2)cc1. The van der Waals surface area contributed by atoms with Gasteiger partial charge in [0.05, 0.1) is 11.3 Å². The van der Waals surface area contributed by atoms with Gasteiger partial charge in [-0.2, -0.15) is 0 Å². The summed E-state index contributed by atoms with van der Waals surface area (Å²) in [5.41, 5.74) is 14.0. The summed E-state index contributed by atoms with van der Waals surface area (Å²) in [6, 6.07) is 34.7. The Bertz CT molecular complexity index is 1400. The summed E-state index contributed by atoms with van der Waals surface area (Å²) in [5, 5.41) is 10.2. The number of anilines is 3. The minimum absolute atomic E-state index is 0.142. The Hall–Kier alpha value is -4.35. The van der Waals surface area contributed by atoms with Crippen molar-refractivity contribution in [2.45, 2.75) is 32.4 Å². The molecule has 0 aliphatic carbocycles. The number of nitrogens with two attached hydrogens (primary N) is 1. The maximum atomic E-state index is 13.1.